The van der Waals surface area contributed by atoms with E-state index in [2.05, 4.69) is 0 Å². The van der Waals surface area contributed by atoms with Crippen LogP contribution in [0.1, 0.15) is 126 Å². The Labute approximate surface area is 318 Å². The molecule has 14 heteroatoms. The molecule has 1 aromatic carbocycles. The van der Waals surface area contributed by atoms with Gasteiger partial charge in [0.2, 0.25) is 6.79 Å². The molecule has 1 aliphatic heterocycles. The number of ether oxygens (including phenoxy) is 8. The van der Waals surface area contributed by atoms with Gasteiger partial charge in [-0.15, -0.1) is 0 Å². The average molecular weight is 763 g/mol. The predicted octanol–water partition coefficient (Wildman–Crippen LogP) is 6.43. The van der Waals surface area contributed by atoms with E-state index in [9.17, 15) is 28.8 Å². The minimum atomic E-state index is -0.856. The first-order valence-corrected chi connectivity index (χ1v) is 18.5. The third-order valence-electron chi connectivity index (χ3n) is 9.07. The Morgan fingerprint density at radius 1 is 0.778 bits per heavy atom. The number of unbranched alkanes of at least 4 members (excludes halogenated alkanes) is 3. The number of hydrogen-bond donors (Lipinski definition) is 0. The van der Waals surface area contributed by atoms with Gasteiger partial charge < -0.3 is 37.9 Å². The van der Waals surface area contributed by atoms with Crippen LogP contribution in [0, 0.1) is 18.8 Å². The van der Waals surface area contributed by atoms with Gasteiger partial charge in [-0.3, -0.25) is 24.0 Å². The number of carbonyl (C=O) groups is 6. The van der Waals surface area contributed by atoms with E-state index in [1.54, 1.807) is 7.11 Å². The summed E-state index contributed by atoms with van der Waals surface area (Å²) in [6.07, 6.45) is 8.07. The Kier molecular flexibility index (Phi) is 20.2. The molecule has 0 aliphatic carbocycles. The number of fused-ring (bicyclic) bond motifs is 1. The van der Waals surface area contributed by atoms with Crippen LogP contribution in [-0.4, -0.2) is 76.1 Å². The molecule has 2 rings (SSSR count). The summed E-state index contributed by atoms with van der Waals surface area (Å²) in [5.74, 6) is -1.75. The second kappa shape index (κ2) is 23.9. The number of esters is 6. The maximum absolute atomic E-state index is 12.8. The van der Waals surface area contributed by atoms with Gasteiger partial charge in [-0.1, -0.05) is 64.0 Å². The number of cyclic esters (lactones) is 1. The first kappa shape index (κ1) is 45.5. The molecule has 2 unspecified atom stereocenters. The molecule has 0 saturated heterocycles. The van der Waals surface area contributed by atoms with E-state index in [4.69, 9.17) is 37.9 Å². The summed E-state index contributed by atoms with van der Waals surface area (Å²) in [5.41, 5.74) is 3.29. The molecule has 0 spiro atoms. The van der Waals surface area contributed by atoms with Crippen LogP contribution in [0.3, 0.4) is 0 Å². The fourth-order valence-corrected chi connectivity index (χ4v) is 6.04. The van der Waals surface area contributed by atoms with E-state index in [1.165, 1.54) is 21.0 Å². The largest absolute Gasteiger partial charge is 0.496 e. The van der Waals surface area contributed by atoms with Crippen molar-refractivity contribution in [3.63, 3.8) is 0 Å². The van der Waals surface area contributed by atoms with Gasteiger partial charge in [-0.2, -0.15) is 0 Å². The molecule has 1 heterocycles. The average Bonchev–Trinajstić information content (AvgIpc) is 3.50. The minimum Gasteiger partial charge on any atom is -0.496 e. The summed E-state index contributed by atoms with van der Waals surface area (Å²) in [6, 6.07) is 0. The van der Waals surface area contributed by atoms with Crippen LogP contribution in [0.4, 0.5) is 0 Å². The monoisotopic (exact) mass is 762 g/mol. The highest BCUT2D eigenvalue weighted by Crippen LogP contribution is 2.43. The first-order valence-electron chi connectivity index (χ1n) is 18.5. The molecule has 0 bridgehead atoms. The molecule has 0 N–H and O–H groups in total. The number of rotatable bonds is 25. The molecule has 1 aromatic rings. The highest BCUT2D eigenvalue weighted by Gasteiger charge is 2.33. The molecule has 2 atom stereocenters. The second-order valence-corrected chi connectivity index (χ2v) is 13.8. The summed E-state index contributed by atoms with van der Waals surface area (Å²) >= 11 is 0. The van der Waals surface area contributed by atoms with Crippen LogP contribution in [-0.2, 0) is 65.4 Å². The van der Waals surface area contributed by atoms with Gasteiger partial charge in [-0.25, -0.2) is 4.79 Å². The van der Waals surface area contributed by atoms with Gasteiger partial charge in [0.1, 0.15) is 36.9 Å². The smallest absolute Gasteiger partial charge is 0.342 e. The lowest BCUT2D eigenvalue weighted by molar-refractivity contribution is -0.166. The molecule has 0 radical (unpaired) electrons. The molecule has 0 aromatic heterocycles. The van der Waals surface area contributed by atoms with Crippen molar-refractivity contribution >= 4 is 35.8 Å². The van der Waals surface area contributed by atoms with Gasteiger partial charge in [0.25, 0.3) is 0 Å². The van der Waals surface area contributed by atoms with E-state index in [0.717, 1.165) is 49.7 Å². The van der Waals surface area contributed by atoms with Crippen LogP contribution in [0.25, 0.3) is 0 Å². The molecule has 302 valence electrons. The van der Waals surface area contributed by atoms with Gasteiger partial charge >= 0.3 is 35.8 Å². The van der Waals surface area contributed by atoms with Crippen LogP contribution in [0.15, 0.2) is 11.6 Å². The fourth-order valence-electron chi connectivity index (χ4n) is 6.04. The number of methoxy groups -OCH3 is 2. The molecule has 0 fully saturated rings. The molecule has 1 aliphatic rings. The van der Waals surface area contributed by atoms with Crippen molar-refractivity contribution in [2.24, 2.45) is 11.8 Å². The summed E-state index contributed by atoms with van der Waals surface area (Å²) < 4.78 is 42.4. The number of hydrogen-bond acceptors (Lipinski definition) is 14. The van der Waals surface area contributed by atoms with Crippen molar-refractivity contribution in [2.45, 2.75) is 125 Å². The molecule has 14 nitrogen and oxygen atoms in total. The zero-order valence-electron chi connectivity index (χ0n) is 33.1. The fraction of sp³-hybridized carbons (Fsp3) is 0.650. The second-order valence-electron chi connectivity index (χ2n) is 13.8. The molecular weight excluding hydrogens is 704 g/mol. The van der Waals surface area contributed by atoms with Crippen molar-refractivity contribution < 1.29 is 66.7 Å². The maximum atomic E-state index is 12.8. The van der Waals surface area contributed by atoms with Gasteiger partial charge in [0.15, 0.2) is 6.10 Å². The number of allylic oxidation sites excluding steroid dienone is 2. The Morgan fingerprint density at radius 2 is 1.37 bits per heavy atom. The Balaban J connectivity index is 1.80. The third kappa shape index (κ3) is 16.2. The summed E-state index contributed by atoms with van der Waals surface area (Å²) in [6.45, 7) is 9.54. The van der Waals surface area contributed by atoms with Crippen molar-refractivity contribution in [1.82, 2.24) is 0 Å². The highest BCUT2D eigenvalue weighted by atomic mass is 16.7. The lowest BCUT2D eigenvalue weighted by Crippen LogP contribution is -2.30. The van der Waals surface area contributed by atoms with Gasteiger partial charge in [0, 0.05) is 44.2 Å². The zero-order valence-corrected chi connectivity index (χ0v) is 33.1. The van der Waals surface area contributed by atoms with Gasteiger partial charge in [0.05, 0.1) is 14.2 Å². The van der Waals surface area contributed by atoms with Crippen molar-refractivity contribution in [1.29, 1.82) is 0 Å². The topological polar surface area (TPSA) is 176 Å². The zero-order chi connectivity index (χ0) is 40.2. The summed E-state index contributed by atoms with van der Waals surface area (Å²) in [4.78, 5) is 71.7. The molecule has 0 saturated carbocycles. The predicted molar refractivity (Wildman–Crippen MR) is 196 cm³/mol. The van der Waals surface area contributed by atoms with E-state index in [-0.39, 0.29) is 69.4 Å². The van der Waals surface area contributed by atoms with E-state index in [0.29, 0.717) is 35.3 Å². The SMILES string of the molecule is COC(=O)CC/C(C)=C/Cc1c(OC)c(C)c2c(c1OCOC(=O)CC(C)CCCCCCC(C)CC(=O)OC(COC(C)=O)COC(C)=O)C(=O)OC2. The molecular formula is C40H58O14. The van der Waals surface area contributed by atoms with E-state index < -0.39 is 36.0 Å². The maximum Gasteiger partial charge on any atom is 0.342 e. The summed E-state index contributed by atoms with van der Waals surface area (Å²) in [5, 5.41) is 0. The number of benzene rings is 1. The Bertz CT molecular complexity index is 1460. The number of carbonyl (C=O) groups excluding carboxylic acids is 6. The van der Waals surface area contributed by atoms with Crippen LogP contribution in [0.2, 0.25) is 0 Å². The third-order valence-corrected chi connectivity index (χ3v) is 9.07. The highest BCUT2D eigenvalue weighted by molar-refractivity contribution is 5.98. The Hall–Kier alpha value is -4.62. The van der Waals surface area contributed by atoms with Crippen molar-refractivity contribution in [2.75, 3.05) is 34.2 Å². The quantitative estimate of drug-likeness (QED) is 0.0350. The summed E-state index contributed by atoms with van der Waals surface area (Å²) in [7, 11) is 2.89. The van der Waals surface area contributed by atoms with Crippen LogP contribution in [0.5, 0.6) is 11.5 Å². The lowest BCUT2D eigenvalue weighted by atomic mass is 9.94. The standard InChI is InChI=1S/C40H58O14/c1-25(16-18-34(43)47-7)15-17-32-38(48-8)28(4)33-23-51-40(46)37(33)39(32)53-24-52-35(44)19-26(2)13-11-9-10-12-14-27(3)20-36(45)54-31(21-49-29(5)41)22-50-30(6)42/h15,26-27,31H,9-14,16-24H2,1-8H3/b25-15+. The van der Waals surface area contributed by atoms with E-state index >= 15 is 0 Å². The van der Waals surface area contributed by atoms with Crippen molar-refractivity contribution in [3.05, 3.63) is 33.9 Å². The molecule has 0 amide bonds. The lowest BCUT2D eigenvalue weighted by Gasteiger charge is -2.19. The van der Waals surface area contributed by atoms with Crippen LogP contribution < -0.4 is 9.47 Å². The molecule has 54 heavy (non-hydrogen) atoms. The van der Waals surface area contributed by atoms with E-state index in [1.807, 2.05) is 33.8 Å². The minimum absolute atomic E-state index is 0.0823. The van der Waals surface area contributed by atoms with Crippen LogP contribution >= 0.6 is 0 Å². The normalized spacial score (nSPS) is 13.4. The first-order chi connectivity index (χ1) is 25.7. The van der Waals surface area contributed by atoms with Gasteiger partial charge in [-0.05, 0) is 44.1 Å². The van der Waals surface area contributed by atoms with Crippen molar-refractivity contribution in [3.8, 4) is 11.5 Å². The Morgan fingerprint density at radius 3 is 1.93 bits per heavy atom.